The highest BCUT2D eigenvalue weighted by molar-refractivity contribution is 7.99. The van der Waals surface area contributed by atoms with Gasteiger partial charge in [-0.05, 0) is 35.7 Å². The van der Waals surface area contributed by atoms with Crippen LogP contribution < -0.4 is 5.32 Å². The van der Waals surface area contributed by atoms with Crippen molar-refractivity contribution in [3.8, 4) is 0 Å². The Hall–Kier alpha value is -1.69. The summed E-state index contributed by atoms with van der Waals surface area (Å²) in [5.74, 6) is 0.665. The molecule has 2 aromatic carbocycles. The topological polar surface area (TPSA) is 49.4 Å². The van der Waals surface area contributed by atoms with Crippen LogP contribution in [-0.4, -0.2) is 35.6 Å². The predicted octanol–water partition coefficient (Wildman–Crippen LogP) is 4.78. The molecule has 2 amide bonds. The Bertz CT molecular complexity index is 816. The standard InChI is InChI=1S/C21H24Cl2N2O2S/c1-3-19(21(27)24-2)25(12-16-8-4-5-10-18(16)23)20(26)14-28-13-15-7-6-9-17(22)11-15/h4-11,19H,3,12-14H2,1-2H3,(H,24,27)/t19-/m0/s1. The summed E-state index contributed by atoms with van der Waals surface area (Å²) in [6.07, 6.45) is 0.523. The molecule has 0 saturated heterocycles. The molecule has 0 heterocycles. The van der Waals surface area contributed by atoms with E-state index in [0.29, 0.717) is 28.8 Å². The van der Waals surface area contributed by atoms with Crippen molar-refractivity contribution < 1.29 is 9.59 Å². The minimum absolute atomic E-state index is 0.0950. The second-order valence-corrected chi connectivity index (χ2v) is 8.10. The van der Waals surface area contributed by atoms with E-state index in [0.717, 1.165) is 11.1 Å². The van der Waals surface area contributed by atoms with Crippen LogP contribution >= 0.6 is 35.0 Å². The summed E-state index contributed by atoms with van der Waals surface area (Å²) in [4.78, 5) is 26.9. The van der Waals surface area contributed by atoms with Crippen molar-refractivity contribution in [2.75, 3.05) is 12.8 Å². The number of nitrogens with one attached hydrogen (secondary N) is 1. The number of likely N-dealkylation sites (N-methyl/N-ethyl adjacent to an activating group) is 1. The van der Waals surface area contributed by atoms with Crippen LogP contribution in [0.2, 0.25) is 10.0 Å². The molecule has 150 valence electrons. The van der Waals surface area contributed by atoms with Gasteiger partial charge in [-0.1, -0.05) is 60.5 Å². The van der Waals surface area contributed by atoms with E-state index in [4.69, 9.17) is 23.2 Å². The van der Waals surface area contributed by atoms with Crippen LogP contribution in [0.4, 0.5) is 0 Å². The molecule has 0 aliphatic rings. The second kappa shape index (κ2) is 11.3. The van der Waals surface area contributed by atoms with Gasteiger partial charge in [-0.3, -0.25) is 9.59 Å². The first-order valence-corrected chi connectivity index (χ1v) is 10.9. The molecule has 0 radical (unpaired) electrons. The van der Waals surface area contributed by atoms with E-state index in [1.165, 1.54) is 11.8 Å². The fourth-order valence-electron chi connectivity index (χ4n) is 2.86. The number of hydrogen-bond acceptors (Lipinski definition) is 3. The SMILES string of the molecule is CC[C@@H](C(=O)NC)N(Cc1ccccc1Cl)C(=O)CSCc1cccc(Cl)c1. The largest absolute Gasteiger partial charge is 0.357 e. The maximum Gasteiger partial charge on any atom is 0.242 e. The van der Waals surface area contributed by atoms with Crippen molar-refractivity contribution in [1.82, 2.24) is 10.2 Å². The van der Waals surface area contributed by atoms with E-state index in [-0.39, 0.29) is 17.6 Å². The summed E-state index contributed by atoms with van der Waals surface area (Å²) < 4.78 is 0. The minimum Gasteiger partial charge on any atom is -0.357 e. The Kier molecular flexibility index (Phi) is 9.16. The average Bonchev–Trinajstić information content (AvgIpc) is 2.69. The summed E-state index contributed by atoms with van der Waals surface area (Å²) in [5, 5.41) is 3.91. The molecular formula is C21H24Cl2N2O2S. The zero-order chi connectivity index (χ0) is 20.5. The molecular weight excluding hydrogens is 415 g/mol. The molecule has 0 unspecified atom stereocenters. The fraction of sp³-hybridized carbons (Fsp3) is 0.333. The number of amides is 2. The molecule has 0 fully saturated rings. The molecule has 4 nitrogen and oxygen atoms in total. The lowest BCUT2D eigenvalue weighted by Crippen LogP contribution is -2.48. The average molecular weight is 439 g/mol. The highest BCUT2D eigenvalue weighted by atomic mass is 35.5. The number of rotatable bonds is 9. The van der Waals surface area contributed by atoms with Crippen LogP contribution in [0.25, 0.3) is 0 Å². The van der Waals surface area contributed by atoms with E-state index in [2.05, 4.69) is 5.32 Å². The third kappa shape index (κ3) is 6.43. The fourth-order valence-corrected chi connectivity index (χ4v) is 4.13. The quantitative estimate of drug-likeness (QED) is 0.612. The molecule has 0 aliphatic heterocycles. The molecule has 1 N–H and O–H groups in total. The Balaban J connectivity index is 2.11. The lowest BCUT2D eigenvalue weighted by molar-refractivity contribution is -0.139. The van der Waals surface area contributed by atoms with Crippen LogP contribution in [-0.2, 0) is 21.9 Å². The van der Waals surface area contributed by atoms with Crippen LogP contribution in [0.1, 0.15) is 24.5 Å². The van der Waals surface area contributed by atoms with Gasteiger partial charge >= 0.3 is 0 Å². The molecule has 2 aromatic rings. The van der Waals surface area contributed by atoms with Crippen molar-refractivity contribution in [1.29, 1.82) is 0 Å². The van der Waals surface area contributed by atoms with Crippen molar-refractivity contribution in [3.05, 3.63) is 69.7 Å². The lowest BCUT2D eigenvalue weighted by atomic mass is 10.1. The summed E-state index contributed by atoms with van der Waals surface area (Å²) >= 11 is 13.8. The van der Waals surface area contributed by atoms with E-state index >= 15 is 0 Å². The third-order valence-corrected chi connectivity index (χ3v) is 5.91. The summed E-state index contributed by atoms with van der Waals surface area (Å²) in [5.41, 5.74) is 1.88. The van der Waals surface area contributed by atoms with Crippen molar-refractivity contribution in [3.63, 3.8) is 0 Å². The van der Waals surface area contributed by atoms with E-state index in [1.54, 1.807) is 18.0 Å². The van der Waals surface area contributed by atoms with Gasteiger partial charge in [0, 0.05) is 29.4 Å². The van der Waals surface area contributed by atoms with Gasteiger partial charge in [-0.15, -0.1) is 11.8 Å². The molecule has 0 aromatic heterocycles. The molecule has 0 bridgehead atoms. The predicted molar refractivity (Wildman–Crippen MR) is 118 cm³/mol. The van der Waals surface area contributed by atoms with Gasteiger partial charge in [0.1, 0.15) is 6.04 Å². The Morgan fingerprint density at radius 3 is 2.54 bits per heavy atom. The Morgan fingerprint density at radius 1 is 1.14 bits per heavy atom. The van der Waals surface area contributed by atoms with E-state index < -0.39 is 6.04 Å². The zero-order valence-electron chi connectivity index (χ0n) is 16.0. The van der Waals surface area contributed by atoms with Crippen molar-refractivity contribution >= 4 is 46.8 Å². The molecule has 0 saturated carbocycles. The number of thioether (sulfide) groups is 1. The molecule has 0 aliphatic carbocycles. The van der Waals surface area contributed by atoms with Crippen LogP contribution in [0.5, 0.6) is 0 Å². The van der Waals surface area contributed by atoms with Gasteiger partial charge in [0.2, 0.25) is 11.8 Å². The first-order valence-electron chi connectivity index (χ1n) is 9.03. The van der Waals surface area contributed by atoms with Gasteiger partial charge in [0.05, 0.1) is 5.75 Å². The second-order valence-electron chi connectivity index (χ2n) is 6.27. The monoisotopic (exact) mass is 438 g/mol. The summed E-state index contributed by atoms with van der Waals surface area (Å²) in [6.45, 7) is 2.19. The molecule has 2 rings (SSSR count). The number of hydrogen-bond donors (Lipinski definition) is 1. The van der Waals surface area contributed by atoms with Crippen molar-refractivity contribution in [2.24, 2.45) is 0 Å². The number of carbonyl (C=O) groups excluding carboxylic acids is 2. The zero-order valence-corrected chi connectivity index (χ0v) is 18.3. The number of nitrogens with zero attached hydrogens (tertiary/aromatic N) is 1. The van der Waals surface area contributed by atoms with Gasteiger partial charge in [0.25, 0.3) is 0 Å². The maximum absolute atomic E-state index is 13.0. The van der Waals surface area contributed by atoms with Crippen LogP contribution in [0.3, 0.4) is 0 Å². The first kappa shape index (κ1) is 22.6. The summed E-state index contributed by atoms with van der Waals surface area (Å²) in [7, 11) is 1.58. The number of halogens is 2. The molecule has 1 atom stereocenters. The van der Waals surface area contributed by atoms with Gasteiger partial charge in [0.15, 0.2) is 0 Å². The minimum atomic E-state index is -0.541. The van der Waals surface area contributed by atoms with E-state index in [1.807, 2.05) is 49.4 Å². The van der Waals surface area contributed by atoms with Gasteiger partial charge < -0.3 is 10.2 Å². The molecule has 28 heavy (non-hydrogen) atoms. The van der Waals surface area contributed by atoms with Gasteiger partial charge in [-0.2, -0.15) is 0 Å². The first-order chi connectivity index (χ1) is 13.5. The normalized spacial score (nSPS) is 11.7. The third-order valence-electron chi connectivity index (χ3n) is 4.31. The maximum atomic E-state index is 13.0. The Labute approximate surface area is 180 Å². The highest BCUT2D eigenvalue weighted by Gasteiger charge is 2.28. The summed E-state index contributed by atoms with van der Waals surface area (Å²) in [6, 6.07) is 14.4. The van der Waals surface area contributed by atoms with Crippen LogP contribution in [0, 0.1) is 0 Å². The molecule has 7 heteroatoms. The number of carbonyl (C=O) groups is 2. The van der Waals surface area contributed by atoms with E-state index in [9.17, 15) is 9.59 Å². The van der Waals surface area contributed by atoms with Crippen LogP contribution in [0.15, 0.2) is 48.5 Å². The molecule has 0 spiro atoms. The lowest BCUT2D eigenvalue weighted by Gasteiger charge is -2.30. The van der Waals surface area contributed by atoms with Gasteiger partial charge in [-0.25, -0.2) is 0 Å². The smallest absolute Gasteiger partial charge is 0.242 e. The number of benzene rings is 2. The highest BCUT2D eigenvalue weighted by Crippen LogP contribution is 2.22. The Morgan fingerprint density at radius 2 is 1.89 bits per heavy atom. The van der Waals surface area contributed by atoms with Crippen molar-refractivity contribution in [2.45, 2.75) is 31.7 Å².